The van der Waals surface area contributed by atoms with E-state index >= 15 is 0 Å². The van der Waals surface area contributed by atoms with Crippen LogP contribution in [-0.2, 0) is 18.4 Å². The minimum absolute atomic E-state index is 0.396. The van der Waals surface area contributed by atoms with Crippen LogP contribution in [-0.4, -0.2) is 44.2 Å². The Morgan fingerprint density at radius 1 is 1.75 bits per heavy atom. The third-order valence-electron chi connectivity index (χ3n) is 3.11. The van der Waals surface area contributed by atoms with Gasteiger partial charge < -0.3 is 15.4 Å². The van der Waals surface area contributed by atoms with E-state index in [1.165, 1.54) is 0 Å². The van der Waals surface area contributed by atoms with Crippen LogP contribution in [0, 0.1) is 0 Å². The highest BCUT2D eigenvalue weighted by Crippen LogP contribution is 2.20. The molecule has 88 valence electrons. The Kier molecular flexibility index (Phi) is 2.69. The van der Waals surface area contributed by atoms with Crippen molar-refractivity contribution in [3.63, 3.8) is 0 Å². The van der Waals surface area contributed by atoms with Crippen molar-refractivity contribution in [3.05, 3.63) is 18.2 Å². The molecule has 0 amide bonds. The molecule has 1 aromatic rings. The van der Waals surface area contributed by atoms with Crippen LogP contribution in [0.25, 0.3) is 0 Å². The Labute approximate surface area is 93.7 Å². The predicted octanol–water partition coefficient (Wildman–Crippen LogP) is -0.592. The molecule has 0 saturated carbocycles. The Bertz CT molecular complexity index is 403. The molecule has 16 heavy (non-hydrogen) atoms. The maximum absolute atomic E-state index is 11.0. The molecule has 0 bridgehead atoms. The molecule has 2 rings (SSSR count). The molecule has 3 N–H and O–H groups in total. The average molecular weight is 224 g/mol. The van der Waals surface area contributed by atoms with Gasteiger partial charge in [0.1, 0.15) is 5.54 Å². The van der Waals surface area contributed by atoms with Crippen molar-refractivity contribution in [3.8, 4) is 0 Å². The summed E-state index contributed by atoms with van der Waals surface area (Å²) in [4.78, 5) is 17.0. The first-order chi connectivity index (χ1) is 7.51. The summed E-state index contributed by atoms with van der Waals surface area (Å²) >= 11 is 0. The van der Waals surface area contributed by atoms with Gasteiger partial charge in [-0.2, -0.15) is 0 Å². The van der Waals surface area contributed by atoms with Gasteiger partial charge in [0.25, 0.3) is 0 Å². The number of rotatable bonds is 3. The molecule has 0 aromatic carbocycles. The number of imidazole rings is 1. The highest BCUT2D eigenvalue weighted by atomic mass is 16.4. The molecule has 6 heteroatoms. The summed E-state index contributed by atoms with van der Waals surface area (Å²) in [6, 6.07) is 0. The van der Waals surface area contributed by atoms with Crippen LogP contribution < -0.4 is 5.73 Å². The number of nitrogens with zero attached hydrogens (tertiary/aromatic N) is 3. The van der Waals surface area contributed by atoms with E-state index in [1.54, 1.807) is 12.5 Å². The molecule has 0 aliphatic carbocycles. The Morgan fingerprint density at radius 3 is 3.00 bits per heavy atom. The lowest BCUT2D eigenvalue weighted by Crippen LogP contribution is -2.50. The van der Waals surface area contributed by atoms with Gasteiger partial charge in [-0.05, 0) is 6.42 Å². The first-order valence-electron chi connectivity index (χ1n) is 5.21. The fourth-order valence-electron chi connectivity index (χ4n) is 1.99. The van der Waals surface area contributed by atoms with Gasteiger partial charge in [-0.25, -0.2) is 4.98 Å². The number of hydrogen-bond acceptors (Lipinski definition) is 4. The summed E-state index contributed by atoms with van der Waals surface area (Å²) in [5.74, 6) is -0.917. The number of carbonyl (C=O) groups is 1. The van der Waals surface area contributed by atoms with Gasteiger partial charge in [-0.15, -0.1) is 0 Å². The third-order valence-corrected chi connectivity index (χ3v) is 3.11. The van der Waals surface area contributed by atoms with Crippen molar-refractivity contribution in [2.45, 2.75) is 18.5 Å². The van der Waals surface area contributed by atoms with Gasteiger partial charge in [-0.3, -0.25) is 9.69 Å². The molecule has 1 saturated heterocycles. The third kappa shape index (κ3) is 1.94. The van der Waals surface area contributed by atoms with E-state index in [9.17, 15) is 4.79 Å². The SMILES string of the molecule is Cn1cncc1CN1CCC(N)(C(=O)O)C1. The standard InChI is InChI=1S/C10H16N4O2/c1-13-7-12-4-8(13)5-14-3-2-10(11,6-14)9(15)16/h4,7H,2-3,5-6,11H2,1H3,(H,15,16). The van der Waals surface area contributed by atoms with Crippen molar-refractivity contribution < 1.29 is 9.90 Å². The zero-order valence-electron chi connectivity index (χ0n) is 9.26. The molecule has 1 fully saturated rings. The maximum Gasteiger partial charge on any atom is 0.325 e. The van der Waals surface area contributed by atoms with Crippen molar-refractivity contribution in [2.75, 3.05) is 13.1 Å². The highest BCUT2D eigenvalue weighted by molar-refractivity contribution is 5.79. The molecule has 6 nitrogen and oxygen atoms in total. The topological polar surface area (TPSA) is 84.4 Å². The predicted molar refractivity (Wildman–Crippen MR) is 57.7 cm³/mol. The van der Waals surface area contributed by atoms with Gasteiger partial charge in [0.05, 0.1) is 12.0 Å². The van der Waals surface area contributed by atoms with Crippen molar-refractivity contribution >= 4 is 5.97 Å². The first-order valence-corrected chi connectivity index (χ1v) is 5.21. The normalized spacial score (nSPS) is 26.1. The van der Waals surface area contributed by atoms with Gasteiger partial charge in [0.15, 0.2) is 0 Å². The van der Waals surface area contributed by atoms with Gasteiger partial charge >= 0.3 is 5.97 Å². The minimum atomic E-state index is -1.08. The summed E-state index contributed by atoms with van der Waals surface area (Å²) in [6.45, 7) is 1.81. The van der Waals surface area contributed by atoms with Gasteiger partial charge in [-0.1, -0.05) is 0 Å². The van der Waals surface area contributed by atoms with E-state index in [4.69, 9.17) is 10.8 Å². The lowest BCUT2D eigenvalue weighted by Gasteiger charge is -2.19. The molecule has 1 unspecified atom stereocenters. The van der Waals surface area contributed by atoms with E-state index in [-0.39, 0.29) is 0 Å². The van der Waals surface area contributed by atoms with E-state index in [0.29, 0.717) is 26.1 Å². The summed E-state index contributed by atoms with van der Waals surface area (Å²) in [5.41, 5.74) is 5.78. The van der Waals surface area contributed by atoms with Gasteiger partial charge in [0.2, 0.25) is 0 Å². The molecule has 1 aliphatic rings. The van der Waals surface area contributed by atoms with Crippen molar-refractivity contribution in [2.24, 2.45) is 12.8 Å². The number of carboxylic acid groups (broad SMARTS) is 1. The number of aliphatic carboxylic acids is 1. The van der Waals surface area contributed by atoms with Crippen LogP contribution in [0.3, 0.4) is 0 Å². The first kappa shape index (κ1) is 11.1. The van der Waals surface area contributed by atoms with Crippen molar-refractivity contribution in [1.29, 1.82) is 0 Å². The van der Waals surface area contributed by atoms with E-state index in [0.717, 1.165) is 5.69 Å². The second-order valence-corrected chi connectivity index (χ2v) is 4.42. The van der Waals surface area contributed by atoms with Crippen LogP contribution >= 0.6 is 0 Å². The molecule has 1 aliphatic heterocycles. The lowest BCUT2D eigenvalue weighted by molar-refractivity contribution is -0.142. The van der Waals surface area contributed by atoms with Crippen LogP contribution in [0.4, 0.5) is 0 Å². The summed E-state index contributed by atoms with van der Waals surface area (Å²) in [7, 11) is 1.92. The van der Waals surface area contributed by atoms with Crippen LogP contribution in [0.1, 0.15) is 12.1 Å². The van der Waals surface area contributed by atoms with Crippen LogP contribution in [0.5, 0.6) is 0 Å². The molecular formula is C10H16N4O2. The minimum Gasteiger partial charge on any atom is -0.480 e. The fourth-order valence-corrected chi connectivity index (χ4v) is 1.99. The number of aryl methyl sites for hydroxylation is 1. The lowest BCUT2D eigenvalue weighted by atomic mass is 10.0. The second-order valence-electron chi connectivity index (χ2n) is 4.42. The quantitative estimate of drug-likeness (QED) is 0.716. The molecule has 0 spiro atoms. The van der Waals surface area contributed by atoms with E-state index < -0.39 is 11.5 Å². The highest BCUT2D eigenvalue weighted by Gasteiger charge is 2.41. The molecule has 1 aromatic heterocycles. The average Bonchev–Trinajstić information content (AvgIpc) is 2.77. The van der Waals surface area contributed by atoms with Gasteiger partial charge in [0, 0.05) is 32.9 Å². The molecule has 0 radical (unpaired) electrons. The van der Waals surface area contributed by atoms with Crippen LogP contribution in [0.15, 0.2) is 12.5 Å². The Balaban J connectivity index is 2.00. The van der Waals surface area contributed by atoms with Crippen LogP contribution in [0.2, 0.25) is 0 Å². The second kappa shape index (κ2) is 3.88. The van der Waals surface area contributed by atoms with E-state index in [1.807, 2.05) is 16.5 Å². The molecule has 1 atom stereocenters. The zero-order valence-corrected chi connectivity index (χ0v) is 9.26. The van der Waals surface area contributed by atoms with E-state index in [2.05, 4.69) is 4.98 Å². The number of carboxylic acids is 1. The molecule has 2 heterocycles. The Morgan fingerprint density at radius 2 is 2.50 bits per heavy atom. The number of likely N-dealkylation sites (tertiary alicyclic amines) is 1. The number of hydrogen-bond donors (Lipinski definition) is 2. The fraction of sp³-hybridized carbons (Fsp3) is 0.600. The molecular weight excluding hydrogens is 208 g/mol. The largest absolute Gasteiger partial charge is 0.480 e. The number of nitrogens with two attached hydrogens (primary N) is 1. The smallest absolute Gasteiger partial charge is 0.325 e. The Hall–Kier alpha value is -1.40. The number of aromatic nitrogens is 2. The summed E-state index contributed by atoms with van der Waals surface area (Å²) in [5, 5.41) is 9.00. The van der Waals surface area contributed by atoms with Crippen molar-refractivity contribution in [1.82, 2.24) is 14.5 Å². The monoisotopic (exact) mass is 224 g/mol. The summed E-state index contributed by atoms with van der Waals surface area (Å²) in [6.07, 6.45) is 4.02. The summed E-state index contributed by atoms with van der Waals surface area (Å²) < 4.78 is 1.93. The maximum atomic E-state index is 11.0. The zero-order chi connectivity index (χ0) is 11.8.